The standard InChI is InChI=1S/C16H22N2/c1-2-3-10-18-12-15(13-8-9-13)17-11-14-6-4-5-7-16(14)18/h2-7,13,15,17H,8-12H2,1H3/b3-2+. The predicted molar refractivity (Wildman–Crippen MR) is 76.8 cm³/mol. The van der Waals surface area contributed by atoms with Crippen molar-refractivity contribution in [1.82, 2.24) is 5.32 Å². The molecule has 2 heteroatoms. The highest BCUT2D eigenvalue weighted by Gasteiger charge is 2.33. The molecule has 0 amide bonds. The zero-order valence-corrected chi connectivity index (χ0v) is 11.1. The van der Waals surface area contributed by atoms with Gasteiger partial charge in [-0.3, -0.25) is 0 Å². The minimum absolute atomic E-state index is 0.669. The Hall–Kier alpha value is -1.28. The quantitative estimate of drug-likeness (QED) is 0.820. The Kier molecular flexibility index (Phi) is 3.37. The summed E-state index contributed by atoms with van der Waals surface area (Å²) in [6.07, 6.45) is 7.22. The van der Waals surface area contributed by atoms with Crippen LogP contribution in [0, 0.1) is 5.92 Å². The second kappa shape index (κ2) is 5.15. The molecule has 1 aliphatic heterocycles. The van der Waals surface area contributed by atoms with Crippen LogP contribution in [-0.4, -0.2) is 19.1 Å². The molecule has 1 unspecified atom stereocenters. The van der Waals surface area contributed by atoms with Crippen molar-refractivity contribution in [2.45, 2.75) is 32.4 Å². The fraction of sp³-hybridized carbons (Fsp3) is 0.500. The largest absolute Gasteiger partial charge is 0.366 e. The van der Waals surface area contributed by atoms with Crippen molar-refractivity contribution in [3.63, 3.8) is 0 Å². The van der Waals surface area contributed by atoms with Crippen molar-refractivity contribution in [3.05, 3.63) is 42.0 Å². The fourth-order valence-corrected chi connectivity index (χ4v) is 2.83. The van der Waals surface area contributed by atoms with E-state index in [1.165, 1.54) is 24.1 Å². The van der Waals surface area contributed by atoms with E-state index in [1.807, 2.05) is 0 Å². The molecule has 0 bridgehead atoms. The topological polar surface area (TPSA) is 15.3 Å². The number of benzene rings is 1. The number of allylic oxidation sites excluding steroid dienone is 1. The highest BCUT2D eigenvalue weighted by molar-refractivity contribution is 5.55. The van der Waals surface area contributed by atoms with E-state index in [2.05, 4.69) is 53.6 Å². The second-order valence-corrected chi connectivity index (χ2v) is 5.43. The van der Waals surface area contributed by atoms with E-state index in [0.29, 0.717) is 6.04 Å². The van der Waals surface area contributed by atoms with E-state index >= 15 is 0 Å². The molecule has 1 fully saturated rings. The molecule has 0 saturated heterocycles. The minimum atomic E-state index is 0.669. The summed E-state index contributed by atoms with van der Waals surface area (Å²) in [5.74, 6) is 0.910. The van der Waals surface area contributed by atoms with E-state index in [-0.39, 0.29) is 0 Å². The van der Waals surface area contributed by atoms with E-state index < -0.39 is 0 Å². The number of para-hydroxylation sites is 1. The predicted octanol–water partition coefficient (Wildman–Crippen LogP) is 2.95. The lowest BCUT2D eigenvalue weighted by Crippen LogP contribution is -2.39. The van der Waals surface area contributed by atoms with Gasteiger partial charge in [-0.15, -0.1) is 0 Å². The summed E-state index contributed by atoms with van der Waals surface area (Å²) in [4.78, 5) is 2.53. The Bertz CT molecular complexity index is 434. The fourth-order valence-electron chi connectivity index (χ4n) is 2.83. The molecule has 0 aromatic heterocycles. The van der Waals surface area contributed by atoms with Crippen molar-refractivity contribution in [1.29, 1.82) is 0 Å². The molecule has 0 spiro atoms. The summed E-state index contributed by atoms with van der Waals surface area (Å²) >= 11 is 0. The Morgan fingerprint density at radius 1 is 1.33 bits per heavy atom. The number of hydrogen-bond donors (Lipinski definition) is 1. The van der Waals surface area contributed by atoms with Gasteiger partial charge in [0, 0.05) is 31.4 Å². The van der Waals surface area contributed by atoms with Crippen LogP contribution in [0.3, 0.4) is 0 Å². The van der Waals surface area contributed by atoms with E-state index in [1.54, 1.807) is 0 Å². The van der Waals surface area contributed by atoms with Gasteiger partial charge in [0.1, 0.15) is 0 Å². The summed E-state index contributed by atoms with van der Waals surface area (Å²) in [6, 6.07) is 9.48. The van der Waals surface area contributed by atoms with Crippen LogP contribution >= 0.6 is 0 Å². The lowest BCUT2D eigenvalue weighted by molar-refractivity contribution is 0.471. The van der Waals surface area contributed by atoms with Gasteiger partial charge in [-0.1, -0.05) is 30.4 Å². The lowest BCUT2D eigenvalue weighted by Gasteiger charge is -2.26. The van der Waals surface area contributed by atoms with Crippen LogP contribution in [0.25, 0.3) is 0 Å². The van der Waals surface area contributed by atoms with Gasteiger partial charge in [0.15, 0.2) is 0 Å². The first-order valence-electron chi connectivity index (χ1n) is 7.06. The smallest absolute Gasteiger partial charge is 0.0415 e. The van der Waals surface area contributed by atoms with E-state index in [0.717, 1.165) is 25.6 Å². The third-order valence-corrected chi connectivity index (χ3v) is 4.06. The number of anilines is 1. The molecule has 0 radical (unpaired) electrons. The van der Waals surface area contributed by atoms with Gasteiger partial charge in [-0.05, 0) is 37.3 Å². The van der Waals surface area contributed by atoms with Crippen molar-refractivity contribution in [3.8, 4) is 0 Å². The first kappa shape index (κ1) is 11.8. The molecule has 1 aromatic rings. The maximum absolute atomic E-state index is 3.74. The second-order valence-electron chi connectivity index (χ2n) is 5.43. The molecule has 1 N–H and O–H groups in total. The van der Waals surface area contributed by atoms with Gasteiger partial charge in [-0.2, -0.15) is 0 Å². The average Bonchev–Trinajstić information content (AvgIpc) is 3.23. The van der Waals surface area contributed by atoms with Crippen LogP contribution in [0.4, 0.5) is 5.69 Å². The van der Waals surface area contributed by atoms with Gasteiger partial charge in [-0.25, -0.2) is 0 Å². The first-order chi connectivity index (χ1) is 8.88. The number of hydrogen-bond acceptors (Lipinski definition) is 2. The van der Waals surface area contributed by atoms with Crippen molar-refractivity contribution >= 4 is 5.69 Å². The van der Waals surface area contributed by atoms with Gasteiger partial charge >= 0.3 is 0 Å². The number of nitrogens with zero attached hydrogens (tertiary/aromatic N) is 1. The summed E-state index contributed by atoms with van der Waals surface area (Å²) in [5.41, 5.74) is 2.84. The third kappa shape index (κ3) is 2.44. The van der Waals surface area contributed by atoms with Crippen molar-refractivity contribution < 1.29 is 0 Å². The van der Waals surface area contributed by atoms with Gasteiger partial charge in [0.25, 0.3) is 0 Å². The average molecular weight is 242 g/mol. The summed E-state index contributed by atoms with van der Waals surface area (Å²) in [6.45, 7) is 5.29. The van der Waals surface area contributed by atoms with Crippen LogP contribution < -0.4 is 10.2 Å². The van der Waals surface area contributed by atoms with Gasteiger partial charge in [0.2, 0.25) is 0 Å². The van der Waals surface area contributed by atoms with Gasteiger partial charge < -0.3 is 10.2 Å². The normalized spacial score (nSPS) is 24.1. The third-order valence-electron chi connectivity index (χ3n) is 4.06. The highest BCUT2D eigenvalue weighted by Crippen LogP contribution is 2.35. The van der Waals surface area contributed by atoms with E-state index in [9.17, 15) is 0 Å². The molecule has 2 nitrogen and oxygen atoms in total. The maximum Gasteiger partial charge on any atom is 0.0415 e. The van der Waals surface area contributed by atoms with Crippen LogP contribution in [0.5, 0.6) is 0 Å². The zero-order chi connectivity index (χ0) is 12.4. The van der Waals surface area contributed by atoms with Gasteiger partial charge in [0.05, 0.1) is 0 Å². The molecule has 3 rings (SSSR count). The molecule has 18 heavy (non-hydrogen) atoms. The molecular formula is C16H22N2. The molecule has 96 valence electrons. The summed E-state index contributed by atoms with van der Waals surface area (Å²) < 4.78 is 0. The van der Waals surface area contributed by atoms with Crippen LogP contribution in [0.1, 0.15) is 25.3 Å². The number of rotatable bonds is 3. The van der Waals surface area contributed by atoms with Crippen LogP contribution in [-0.2, 0) is 6.54 Å². The molecule has 1 saturated carbocycles. The minimum Gasteiger partial charge on any atom is -0.366 e. The van der Waals surface area contributed by atoms with Crippen LogP contribution in [0.15, 0.2) is 36.4 Å². The molecule has 2 aliphatic rings. The monoisotopic (exact) mass is 242 g/mol. The lowest BCUT2D eigenvalue weighted by atomic mass is 10.1. The molecular weight excluding hydrogens is 220 g/mol. The Balaban J connectivity index is 1.85. The highest BCUT2D eigenvalue weighted by atomic mass is 15.2. The van der Waals surface area contributed by atoms with Crippen molar-refractivity contribution in [2.75, 3.05) is 18.0 Å². The molecule has 1 atom stereocenters. The number of nitrogens with one attached hydrogen (secondary N) is 1. The Morgan fingerprint density at radius 3 is 2.94 bits per heavy atom. The molecule has 1 aromatic carbocycles. The molecule has 1 aliphatic carbocycles. The summed E-state index contributed by atoms with van der Waals surface area (Å²) in [7, 11) is 0. The van der Waals surface area contributed by atoms with E-state index in [4.69, 9.17) is 0 Å². The van der Waals surface area contributed by atoms with Crippen molar-refractivity contribution in [2.24, 2.45) is 5.92 Å². The summed E-state index contributed by atoms with van der Waals surface area (Å²) in [5, 5.41) is 3.74. The maximum atomic E-state index is 3.74. The number of fused-ring (bicyclic) bond motifs is 1. The zero-order valence-electron chi connectivity index (χ0n) is 11.1. The van der Waals surface area contributed by atoms with Crippen LogP contribution in [0.2, 0.25) is 0 Å². The first-order valence-corrected chi connectivity index (χ1v) is 7.06. The Labute approximate surface area is 110 Å². The molecule has 1 heterocycles. The SMILES string of the molecule is C/C=C/CN1CC(C2CC2)NCc2ccccc21. The Morgan fingerprint density at radius 2 is 2.17 bits per heavy atom.